The molecule has 1 atom stereocenters. The smallest absolute Gasteiger partial charge is 0.191 e. The summed E-state index contributed by atoms with van der Waals surface area (Å²) in [5.41, 5.74) is 1.10. The predicted molar refractivity (Wildman–Crippen MR) is 115 cm³/mol. The van der Waals surface area contributed by atoms with Crippen LogP contribution in [0.5, 0.6) is 11.5 Å². The summed E-state index contributed by atoms with van der Waals surface area (Å²) < 4.78 is 24.5. The van der Waals surface area contributed by atoms with Crippen LogP contribution in [0, 0.1) is 5.82 Å². The number of hydrogen-bond donors (Lipinski definition) is 2. The standard InChI is InChI=1S/C22H31FN4O2/c1-17(29-20-10-8-19(23)9-11-20)15-25-22(24-2)26-16-18-6-5-7-21(14-18)28-13-12-27(3)4/h5-11,14,17H,12-13,15-16H2,1-4H3,(H2,24,25,26). The molecule has 0 saturated heterocycles. The average molecular weight is 403 g/mol. The first-order valence-corrected chi connectivity index (χ1v) is 9.69. The average Bonchev–Trinajstić information content (AvgIpc) is 2.70. The summed E-state index contributed by atoms with van der Waals surface area (Å²) in [4.78, 5) is 6.32. The molecule has 0 aliphatic rings. The molecule has 29 heavy (non-hydrogen) atoms. The molecule has 0 fully saturated rings. The summed E-state index contributed by atoms with van der Waals surface area (Å²) in [6.07, 6.45) is -0.104. The maximum absolute atomic E-state index is 13.0. The lowest BCUT2D eigenvalue weighted by Crippen LogP contribution is -2.41. The quantitative estimate of drug-likeness (QED) is 0.473. The molecule has 7 heteroatoms. The summed E-state index contributed by atoms with van der Waals surface area (Å²) in [7, 11) is 5.77. The second-order valence-corrected chi connectivity index (χ2v) is 6.99. The Morgan fingerprint density at radius 3 is 2.55 bits per heavy atom. The molecule has 6 nitrogen and oxygen atoms in total. The van der Waals surface area contributed by atoms with Gasteiger partial charge in [-0.2, -0.15) is 0 Å². The molecule has 0 amide bonds. The molecule has 2 N–H and O–H groups in total. The van der Waals surface area contributed by atoms with E-state index in [0.717, 1.165) is 17.9 Å². The van der Waals surface area contributed by atoms with Gasteiger partial charge in [0.1, 0.15) is 30.0 Å². The van der Waals surface area contributed by atoms with Gasteiger partial charge in [-0.05, 0) is 63.0 Å². The Hall–Kier alpha value is -2.80. The second kappa shape index (κ2) is 11.9. The summed E-state index contributed by atoms with van der Waals surface area (Å²) in [6.45, 7) is 4.65. The zero-order valence-electron chi connectivity index (χ0n) is 17.6. The van der Waals surface area contributed by atoms with E-state index in [-0.39, 0.29) is 11.9 Å². The Balaban J connectivity index is 1.76. The van der Waals surface area contributed by atoms with Crippen LogP contribution in [-0.2, 0) is 6.54 Å². The van der Waals surface area contributed by atoms with E-state index >= 15 is 0 Å². The first-order chi connectivity index (χ1) is 14.0. The third-order valence-electron chi connectivity index (χ3n) is 4.10. The highest BCUT2D eigenvalue weighted by atomic mass is 19.1. The summed E-state index contributed by atoms with van der Waals surface area (Å²) in [5, 5.41) is 6.52. The summed E-state index contributed by atoms with van der Waals surface area (Å²) >= 11 is 0. The molecule has 0 heterocycles. The van der Waals surface area contributed by atoms with Gasteiger partial charge in [0.25, 0.3) is 0 Å². The van der Waals surface area contributed by atoms with E-state index in [1.54, 1.807) is 19.2 Å². The van der Waals surface area contributed by atoms with E-state index in [4.69, 9.17) is 9.47 Å². The molecule has 0 spiro atoms. The van der Waals surface area contributed by atoms with Crippen molar-refractivity contribution >= 4 is 5.96 Å². The van der Waals surface area contributed by atoms with Crippen LogP contribution in [0.1, 0.15) is 12.5 Å². The fourth-order valence-electron chi connectivity index (χ4n) is 2.53. The number of guanidine groups is 1. The monoisotopic (exact) mass is 402 g/mol. The van der Waals surface area contributed by atoms with Gasteiger partial charge in [0.15, 0.2) is 5.96 Å². The van der Waals surface area contributed by atoms with Gasteiger partial charge in [-0.15, -0.1) is 0 Å². The van der Waals surface area contributed by atoms with Crippen LogP contribution in [0.4, 0.5) is 4.39 Å². The lowest BCUT2D eigenvalue weighted by molar-refractivity contribution is 0.223. The van der Waals surface area contributed by atoms with Gasteiger partial charge in [0, 0.05) is 20.1 Å². The third-order valence-corrected chi connectivity index (χ3v) is 4.10. The van der Waals surface area contributed by atoms with Crippen molar-refractivity contribution in [3.05, 3.63) is 59.9 Å². The van der Waals surface area contributed by atoms with Gasteiger partial charge < -0.3 is 25.0 Å². The molecular formula is C22H31FN4O2. The molecule has 158 valence electrons. The molecule has 0 radical (unpaired) electrons. The van der Waals surface area contributed by atoms with E-state index in [2.05, 4.69) is 20.5 Å². The highest BCUT2D eigenvalue weighted by Gasteiger charge is 2.06. The molecule has 2 aromatic rings. The van der Waals surface area contributed by atoms with E-state index < -0.39 is 0 Å². The van der Waals surface area contributed by atoms with Crippen molar-refractivity contribution < 1.29 is 13.9 Å². The minimum Gasteiger partial charge on any atom is -0.492 e. The molecule has 0 aliphatic heterocycles. The number of halogens is 1. The van der Waals surface area contributed by atoms with Crippen molar-refractivity contribution in [2.24, 2.45) is 4.99 Å². The lowest BCUT2D eigenvalue weighted by atomic mass is 10.2. The van der Waals surface area contributed by atoms with Gasteiger partial charge in [-0.25, -0.2) is 4.39 Å². The van der Waals surface area contributed by atoms with Gasteiger partial charge in [-0.3, -0.25) is 4.99 Å². The molecule has 0 bridgehead atoms. The van der Waals surface area contributed by atoms with E-state index in [1.165, 1.54) is 12.1 Å². The van der Waals surface area contributed by atoms with Crippen molar-refractivity contribution in [2.75, 3.05) is 40.8 Å². The van der Waals surface area contributed by atoms with Crippen molar-refractivity contribution in [3.63, 3.8) is 0 Å². The van der Waals surface area contributed by atoms with Gasteiger partial charge in [0.2, 0.25) is 0 Å². The van der Waals surface area contributed by atoms with E-state index in [9.17, 15) is 4.39 Å². The topological polar surface area (TPSA) is 58.1 Å². The minimum absolute atomic E-state index is 0.104. The van der Waals surface area contributed by atoms with Crippen molar-refractivity contribution in [3.8, 4) is 11.5 Å². The molecule has 2 rings (SSSR count). The van der Waals surface area contributed by atoms with Crippen LogP contribution in [-0.4, -0.2) is 57.8 Å². The number of aliphatic imine (C=N–C) groups is 1. The Morgan fingerprint density at radius 1 is 1.10 bits per heavy atom. The first-order valence-electron chi connectivity index (χ1n) is 9.69. The molecule has 2 aromatic carbocycles. The number of hydrogen-bond acceptors (Lipinski definition) is 4. The number of likely N-dealkylation sites (N-methyl/N-ethyl adjacent to an activating group) is 1. The number of benzene rings is 2. The van der Waals surface area contributed by atoms with E-state index in [1.807, 2.05) is 45.3 Å². The highest BCUT2D eigenvalue weighted by Crippen LogP contribution is 2.14. The molecule has 1 unspecified atom stereocenters. The predicted octanol–water partition coefficient (Wildman–Crippen LogP) is 2.90. The van der Waals surface area contributed by atoms with Crippen LogP contribution >= 0.6 is 0 Å². The summed E-state index contributed by atoms with van der Waals surface area (Å²) in [6, 6.07) is 14.0. The zero-order chi connectivity index (χ0) is 21.1. The number of rotatable bonds is 10. The van der Waals surface area contributed by atoms with Crippen LogP contribution in [0.25, 0.3) is 0 Å². The summed E-state index contributed by atoms with van der Waals surface area (Å²) in [5.74, 6) is 1.89. The van der Waals surface area contributed by atoms with Crippen molar-refractivity contribution in [1.82, 2.24) is 15.5 Å². The van der Waals surface area contributed by atoms with Crippen molar-refractivity contribution in [1.29, 1.82) is 0 Å². The first kappa shape index (κ1) is 22.5. The number of nitrogens with zero attached hydrogens (tertiary/aromatic N) is 2. The van der Waals surface area contributed by atoms with Gasteiger partial charge in [0.05, 0.1) is 6.54 Å². The molecule has 0 saturated carbocycles. The Morgan fingerprint density at radius 2 is 1.86 bits per heavy atom. The Kier molecular flexibility index (Phi) is 9.24. The maximum atomic E-state index is 13.0. The Labute approximate surface area is 172 Å². The van der Waals surface area contributed by atoms with E-state index in [0.29, 0.717) is 31.4 Å². The van der Waals surface area contributed by atoms with Crippen LogP contribution in [0.3, 0.4) is 0 Å². The maximum Gasteiger partial charge on any atom is 0.191 e. The van der Waals surface area contributed by atoms with Gasteiger partial charge >= 0.3 is 0 Å². The van der Waals surface area contributed by atoms with Crippen molar-refractivity contribution in [2.45, 2.75) is 19.6 Å². The molecular weight excluding hydrogens is 371 g/mol. The fraction of sp³-hybridized carbons (Fsp3) is 0.409. The second-order valence-electron chi connectivity index (χ2n) is 6.99. The zero-order valence-corrected chi connectivity index (χ0v) is 17.6. The number of ether oxygens (including phenoxy) is 2. The van der Waals surface area contributed by atoms with Crippen LogP contribution in [0.2, 0.25) is 0 Å². The van der Waals surface area contributed by atoms with Crippen LogP contribution in [0.15, 0.2) is 53.5 Å². The molecule has 0 aromatic heterocycles. The number of nitrogens with one attached hydrogen (secondary N) is 2. The minimum atomic E-state index is -0.278. The van der Waals surface area contributed by atoms with Gasteiger partial charge in [-0.1, -0.05) is 12.1 Å². The third kappa shape index (κ3) is 8.83. The SMILES string of the molecule is CN=C(NCc1cccc(OCCN(C)C)c1)NCC(C)Oc1ccc(F)cc1. The Bertz CT molecular complexity index is 766. The fourth-order valence-corrected chi connectivity index (χ4v) is 2.53. The lowest BCUT2D eigenvalue weighted by Gasteiger charge is -2.18. The van der Waals surface area contributed by atoms with Crippen LogP contribution < -0.4 is 20.1 Å². The highest BCUT2D eigenvalue weighted by molar-refractivity contribution is 5.79. The normalized spacial score (nSPS) is 12.6. The largest absolute Gasteiger partial charge is 0.492 e. The molecule has 0 aliphatic carbocycles.